The molecule has 1 aromatic heterocycles. The predicted molar refractivity (Wildman–Crippen MR) is 83.7 cm³/mol. The van der Waals surface area contributed by atoms with Gasteiger partial charge >= 0.3 is 0 Å². The summed E-state index contributed by atoms with van der Waals surface area (Å²) < 4.78 is 0. The van der Waals surface area contributed by atoms with E-state index in [2.05, 4.69) is 11.4 Å². The molecule has 1 fully saturated rings. The molecule has 2 amide bonds. The molecule has 21 heavy (non-hydrogen) atoms. The minimum absolute atomic E-state index is 0.0716. The minimum atomic E-state index is 0.0716. The van der Waals surface area contributed by atoms with Crippen molar-refractivity contribution in [2.24, 2.45) is 5.92 Å². The second-order valence-corrected chi connectivity index (χ2v) is 7.01. The summed E-state index contributed by atoms with van der Waals surface area (Å²) in [7, 11) is 0. The molecule has 5 heteroatoms. The third-order valence-corrected chi connectivity index (χ3v) is 5.69. The molecule has 1 aliphatic heterocycles. The highest BCUT2D eigenvalue weighted by Crippen LogP contribution is 2.32. The number of nitrogens with one attached hydrogen (secondary N) is 1. The van der Waals surface area contributed by atoms with Crippen LogP contribution in [0.25, 0.3) is 0 Å². The van der Waals surface area contributed by atoms with E-state index in [-0.39, 0.29) is 17.7 Å². The largest absolute Gasteiger partial charge is 0.356 e. The molecule has 0 aromatic carbocycles. The fourth-order valence-corrected chi connectivity index (χ4v) is 4.48. The molecule has 0 bridgehead atoms. The van der Waals surface area contributed by atoms with E-state index < -0.39 is 0 Å². The van der Waals surface area contributed by atoms with Gasteiger partial charge in [-0.15, -0.1) is 11.3 Å². The lowest BCUT2D eigenvalue weighted by atomic mass is 9.96. The first-order chi connectivity index (χ1) is 10.2. The van der Waals surface area contributed by atoms with E-state index in [9.17, 15) is 9.59 Å². The summed E-state index contributed by atoms with van der Waals surface area (Å²) in [4.78, 5) is 28.6. The number of carbonyl (C=O) groups excluding carboxylic acids is 2. The van der Waals surface area contributed by atoms with Crippen molar-refractivity contribution >= 4 is 23.2 Å². The zero-order valence-electron chi connectivity index (χ0n) is 12.5. The van der Waals surface area contributed by atoms with Crippen molar-refractivity contribution in [1.82, 2.24) is 10.2 Å². The molecule has 0 radical (unpaired) electrons. The Kier molecular flexibility index (Phi) is 4.29. The van der Waals surface area contributed by atoms with Gasteiger partial charge in [0.1, 0.15) is 0 Å². The first kappa shape index (κ1) is 14.6. The molecule has 4 nitrogen and oxygen atoms in total. The second-order valence-electron chi connectivity index (χ2n) is 5.87. The lowest BCUT2D eigenvalue weighted by Gasteiger charge is -2.31. The van der Waals surface area contributed by atoms with Gasteiger partial charge in [-0.3, -0.25) is 9.59 Å². The average molecular weight is 306 g/mol. The van der Waals surface area contributed by atoms with Crippen LogP contribution in [0.5, 0.6) is 0 Å². The van der Waals surface area contributed by atoms with Crippen LogP contribution >= 0.6 is 11.3 Å². The number of likely N-dealkylation sites (tertiary alicyclic amines) is 1. The van der Waals surface area contributed by atoms with E-state index in [0.29, 0.717) is 19.6 Å². The van der Waals surface area contributed by atoms with Crippen LogP contribution in [-0.2, 0) is 17.6 Å². The Morgan fingerprint density at radius 1 is 1.33 bits per heavy atom. The zero-order valence-corrected chi connectivity index (χ0v) is 13.3. The SMILES string of the molecule is CCNC(=O)C1CCN(C(=O)c2cc3c(s2)CCC3)CC1. The van der Waals surface area contributed by atoms with Gasteiger partial charge in [-0.25, -0.2) is 0 Å². The van der Waals surface area contributed by atoms with Gasteiger partial charge in [-0.05, 0) is 50.7 Å². The highest BCUT2D eigenvalue weighted by atomic mass is 32.1. The Morgan fingerprint density at radius 2 is 2.10 bits per heavy atom. The summed E-state index contributed by atoms with van der Waals surface area (Å²) in [6.07, 6.45) is 5.05. The number of hydrogen-bond acceptors (Lipinski definition) is 3. The third kappa shape index (κ3) is 2.98. The maximum absolute atomic E-state index is 12.5. The number of nitrogens with zero attached hydrogens (tertiary/aromatic N) is 1. The molecule has 2 heterocycles. The second kappa shape index (κ2) is 6.18. The van der Waals surface area contributed by atoms with E-state index in [1.54, 1.807) is 11.3 Å². The number of piperidine rings is 1. The Bertz CT molecular complexity index is 523. The maximum Gasteiger partial charge on any atom is 0.263 e. The molecule has 0 spiro atoms. The topological polar surface area (TPSA) is 49.4 Å². The van der Waals surface area contributed by atoms with Crippen molar-refractivity contribution < 1.29 is 9.59 Å². The maximum atomic E-state index is 12.5. The fourth-order valence-electron chi connectivity index (χ4n) is 3.25. The number of thiophene rings is 1. The third-order valence-electron chi connectivity index (χ3n) is 4.46. The quantitative estimate of drug-likeness (QED) is 0.931. The van der Waals surface area contributed by atoms with Crippen molar-refractivity contribution in [2.75, 3.05) is 19.6 Å². The Labute approximate surface area is 129 Å². The summed E-state index contributed by atoms with van der Waals surface area (Å²) in [5.74, 6) is 0.366. The molecule has 2 aliphatic rings. The average Bonchev–Trinajstić information content (AvgIpc) is 3.08. The van der Waals surface area contributed by atoms with Gasteiger partial charge in [0.25, 0.3) is 5.91 Å². The van der Waals surface area contributed by atoms with Crippen molar-refractivity contribution in [3.8, 4) is 0 Å². The van der Waals surface area contributed by atoms with E-state index in [1.165, 1.54) is 16.9 Å². The number of carbonyl (C=O) groups is 2. The van der Waals surface area contributed by atoms with Gasteiger partial charge in [-0.1, -0.05) is 0 Å². The van der Waals surface area contributed by atoms with Crippen LogP contribution in [0, 0.1) is 5.92 Å². The van der Waals surface area contributed by atoms with Crippen LogP contribution < -0.4 is 5.32 Å². The van der Waals surface area contributed by atoms with Gasteiger partial charge in [0.15, 0.2) is 0 Å². The van der Waals surface area contributed by atoms with Gasteiger partial charge < -0.3 is 10.2 Å². The first-order valence-corrected chi connectivity index (χ1v) is 8.69. The van der Waals surface area contributed by atoms with Crippen LogP contribution in [0.4, 0.5) is 0 Å². The van der Waals surface area contributed by atoms with E-state index >= 15 is 0 Å². The number of hydrogen-bond donors (Lipinski definition) is 1. The molecule has 1 aromatic rings. The number of rotatable bonds is 3. The lowest BCUT2D eigenvalue weighted by molar-refractivity contribution is -0.126. The summed E-state index contributed by atoms with van der Waals surface area (Å²) >= 11 is 1.67. The molecular formula is C16H22N2O2S. The highest BCUT2D eigenvalue weighted by Gasteiger charge is 2.29. The molecule has 0 atom stereocenters. The zero-order chi connectivity index (χ0) is 14.8. The fraction of sp³-hybridized carbons (Fsp3) is 0.625. The van der Waals surface area contributed by atoms with Crippen LogP contribution in [0.1, 0.15) is 46.3 Å². The van der Waals surface area contributed by atoms with Crippen molar-refractivity contribution in [2.45, 2.75) is 39.0 Å². The van der Waals surface area contributed by atoms with Crippen molar-refractivity contribution in [3.05, 3.63) is 21.4 Å². The molecule has 1 N–H and O–H groups in total. The molecule has 0 saturated carbocycles. The van der Waals surface area contributed by atoms with E-state index in [4.69, 9.17) is 0 Å². The molecule has 0 unspecified atom stereocenters. The van der Waals surface area contributed by atoms with Crippen LogP contribution in [0.2, 0.25) is 0 Å². The summed E-state index contributed by atoms with van der Waals surface area (Å²) in [6, 6.07) is 2.09. The van der Waals surface area contributed by atoms with Gasteiger partial charge in [-0.2, -0.15) is 0 Å². The molecule has 114 valence electrons. The molecule has 1 aliphatic carbocycles. The van der Waals surface area contributed by atoms with Crippen LogP contribution in [-0.4, -0.2) is 36.3 Å². The normalized spacial score (nSPS) is 18.6. The van der Waals surface area contributed by atoms with E-state index in [1.807, 2.05) is 11.8 Å². The molecular weight excluding hydrogens is 284 g/mol. The first-order valence-electron chi connectivity index (χ1n) is 7.87. The summed E-state index contributed by atoms with van der Waals surface area (Å²) in [5, 5.41) is 2.88. The highest BCUT2D eigenvalue weighted by molar-refractivity contribution is 7.14. The monoisotopic (exact) mass is 306 g/mol. The number of amides is 2. The number of aryl methyl sites for hydroxylation is 2. The standard InChI is InChI=1S/C16H22N2O2S/c1-2-17-15(19)11-6-8-18(9-7-11)16(20)14-10-12-4-3-5-13(12)21-14/h10-11H,2-9H2,1H3,(H,17,19). The summed E-state index contributed by atoms with van der Waals surface area (Å²) in [6.45, 7) is 4.01. The van der Waals surface area contributed by atoms with Gasteiger partial charge in [0, 0.05) is 30.4 Å². The van der Waals surface area contributed by atoms with Gasteiger partial charge in [0.05, 0.1) is 4.88 Å². The number of fused-ring (bicyclic) bond motifs is 1. The van der Waals surface area contributed by atoms with E-state index in [0.717, 1.165) is 30.6 Å². The van der Waals surface area contributed by atoms with Crippen molar-refractivity contribution in [1.29, 1.82) is 0 Å². The summed E-state index contributed by atoms with van der Waals surface area (Å²) in [5.41, 5.74) is 1.38. The smallest absolute Gasteiger partial charge is 0.263 e. The predicted octanol–water partition coefficient (Wildman–Crippen LogP) is 2.23. The van der Waals surface area contributed by atoms with Gasteiger partial charge in [0.2, 0.25) is 5.91 Å². The Balaban J connectivity index is 1.58. The van der Waals surface area contributed by atoms with Crippen LogP contribution in [0.3, 0.4) is 0 Å². The lowest BCUT2D eigenvalue weighted by Crippen LogP contribution is -2.42. The van der Waals surface area contributed by atoms with Crippen LogP contribution in [0.15, 0.2) is 6.07 Å². The molecule has 3 rings (SSSR count). The Morgan fingerprint density at radius 3 is 2.76 bits per heavy atom. The van der Waals surface area contributed by atoms with Crippen molar-refractivity contribution in [3.63, 3.8) is 0 Å². The Hall–Kier alpha value is -1.36. The molecule has 1 saturated heterocycles. The minimum Gasteiger partial charge on any atom is -0.356 e.